The Hall–Kier alpha value is -1.28. The van der Waals surface area contributed by atoms with E-state index in [2.05, 4.69) is 4.98 Å². The number of para-hydroxylation sites is 1. The van der Waals surface area contributed by atoms with Crippen LogP contribution in [-0.2, 0) is 0 Å². The normalized spacial score (nSPS) is 10.2. The Morgan fingerprint density at radius 3 is 2.69 bits per heavy atom. The van der Waals surface area contributed by atoms with Gasteiger partial charge in [-0.25, -0.2) is 4.98 Å². The minimum atomic E-state index is 0.839. The highest BCUT2D eigenvalue weighted by Crippen LogP contribution is 2.11. The molecule has 0 unspecified atom stereocenters. The number of hydrogen-bond donors (Lipinski definition) is 0. The first-order valence-electron chi connectivity index (χ1n) is 4.14. The van der Waals surface area contributed by atoms with Gasteiger partial charge in [-0.05, 0) is 19.1 Å². The lowest BCUT2D eigenvalue weighted by Gasteiger charge is -1.99. The van der Waals surface area contributed by atoms with Crippen molar-refractivity contribution in [3.8, 4) is 0 Å². The zero-order valence-electron chi connectivity index (χ0n) is 7.32. The number of aromatic nitrogens is 1. The summed E-state index contributed by atoms with van der Waals surface area (Å²) in [5.74, 6) is 0. The summed E-state index contributed by atoms with van der Waals surface area (Å²) in [5.41, 5.74) is 1.90. The van der Waals surface area contributed by atoms with Crippen molar-refractivity contribution in [3.63, 3.8) is 0 Å². The average molecular weight is 187 g/mol. The van der Waals surface area contributed by atoms with Gasteiger partial charge < -0.3 is 0 Å². The summed E-state index contributed by atoms with van der Waals surface area (Å²) in [5, 5.41) is 1.16. The Balaban J connectivity index is 2.69. The van der Waals surface area contributed by atoms with Crippen LogP contribution in [-0.4, -0.2) is 9.85 Å². The van der Waals surface area contributed by atoms with Gasteiger partial charge in [0.25, 0.3) is 0 Å². The molecule has 0 radical (unpaired) electrons. The summed E-state index contributed by atoms with van der Waals surface area (Å²) in [6.07, 6.45) is 0. The molecule has 0 aliphatic carbocycles. The number of thiocarbonyl (C=S) groups is 1. The quantitative estimate of drug-likeness (QED) is 0.503. The Morgan fingerprint density at radius 1 is 1.15 bits per heavy atom. The van der Waals surface area contributed by atoms with Crippen molar-refractivity contribution in [2.45, 2.75) is 6.92 Å². The number of nitrogens with zero attached hydrogens (tertiary/aromatic N) is 1. The summed E-state index contributed by atoms with van der Waals surface area (Å²) >= 11 is 5.06. The molecule has 0 saturated carbocycles. The van der Waals surface area contributed by atoms with E-state index < -0.39 is 0 Å². The zero-order chi connectivity index (χ0) is 9.26. The number of hydrogen-bond acceptors (Lipinski definition) is 2. The van der Waals surface area contributed by atoms with Gasteiger partial charge in [0.05, 0.1) is 11.2 Å². The summed E-state index contributed by atoms with van der Waals surface area (Å²) in [6.45, 7) is 1.90. The van der Waals surface area contributed by atoms with Gasteiger partial charge in [0.1, 0.15) is 0 Å². The van der Waals surface area contributed by atoms with Crippen LogP contribution in [0.5, 0.6) is 0 Å². The van der Waals surface area contributed by atoms with Gasteiger partial charge in [0.2, 0.25) is 0 Å². The molecule has 1 aromatic carbocycles. The smallest absolute Gasteiger partial charge is 0.0773 e. The average Bonchev–Trinajstić information content (AvgIpc) is 2.17. The highest BCUT2D eigenvalue weighted by Gasteiger charge is 1.98. The summed E-state index contributed by atoms with van der Waals surface area (Å²) < 4.78 is 0. The van der Waals surface area contributed by atoms with Crippen LogP contribution in [0.4, 0.5) is 0 Å². The van der Waals surface area contributed by atoms with E-state index in [4.69, 9.17) is 12.2 Å². The highest BCUT2D eigenvalue weighted by atomic mass is 32.1. The standard InChI is InChI=1S/C11H9NS/c1-8(13)10-7-6-9-4-2-3-5-11(9)12-10/h2-7H,1H3. The third-order valence-corrected chi connectivity index (χ3v) is 2.17. The zero-order valence-corrected chi connectivity index (χ0v) is 8.14. The molecule has 0 spiro atoms. The van der Waals surface area contributed by atoms with E-state index in [1.165, 1.54) is 0 Å². The fraction of sp³-hybridized carbons (Fsp3) is 0.0909. The Labute approximate surface area is 82.4 Å². The van der Waals surface area contributed by atoms with Gasteiger partial charge in [0.15, 0.2) is 0 Å². The van der Waals surface area contributed by atoms with Crippen LogP contribution in [0, 0.1) is 0 Å². The lowest BCUT2D eigenvalue weighted by Crippen LogP contribution is -1.94. The highest BCUT2D eigenvalue weighted by molar-refractivity contribution is 7.80. The van der Waals surface area contributed by atoms with E-state index in [9.17, 15) is 0 Å². The summed E-state index contributed by atoms with van der Waals surface area (Å²) in [7, 11) is 0. The van der Waals surface area contributed by atoms with Crippen LogP contribution in [0.3, 0.4) is 0 Å². The maximum absolute atomic E-state index is 5.06. The molecule has 2 rings (SSSR count). The number of benzene rings is 1. The summed E-state index contributed by atoms with van der Waals surface area (Å²) in [6, 6.07) is 12.0. The van der Waals surface area contributed by atoms with Gasteiger partial charge in [-0.2, -0.15) is 0 Å². The van der Waals surface area contributed by atoms with E-state index in [1.807, 2.05) is 43.3 Å². The van der Waals surface area contributed by atoms with Crippen molar-refractivity contribution >= 4 is 28.0 Å². The van der Waals surface area contributed by atoms with Crippen LogP contribution in [0.1, 0.15) is 12.6 Å². The minimum Gasteiger partial charge on any atom is -0.247 e. The molecule has 0 atom stereocenters. The van der Waals surface area contributed by atoms with E-state index in [1.54, 1.807) is 0 Å². The summed E-state index contributed by atoms with van der Waals surface area (Å²) in [4.78, 5) is 5.27. The lowest BCUT2D eigenvalue weighted by molar-refractivity contribution is 1.37. The number of fused-ring (bicyclic) bond motifs is 1. The van der Waals surface area contributed by atoms with Crippen LogP contribution in [0.25, 0.3) is 10.9 Å². The minimum absolute atomic E-state index is 0.839. The van der Waals surface area contributed by atoms with E-state index >= 15 is 0 Å². The first-order valence-corrected chi connectivity index (χ1v) is 4.55. The molecular weight excluding hydrogens is 178 g/mol. The van der Waals surface area contributed by atoms with E-state index in [0.29, 0.717) is 0 Å². The van der Waals surface area contributed by atoms with Crippen LogP contribution in [0.2, 0.25) is 0 Å². The molecule has 1 heterocycles. The maximum atomic E-state index is 5.06. The Bertz CT molecular complexity index is 462. The molecule has 1 aromatic heterocycles. The van der Waals surface area contributed by atoms with Gasteiger partial charge in [0, 0.05) is 10.3 Å². The predicted octanol–water partition coefficient (Wildman–Crippen LogP) is 2.97. The topological polar surface area (TPSA) is 12.9 Å². The number of pyridine rings is 1. The monoisotopic (exact) mass is 187 g/mol. The molecule has 64 valence electrons. The van der Waals surface area contributed by atoms with Crippen molar-refractivity contribution in [2.24, 2.45) is 0 Å². The van der Waals surface area contributed by atoms with Crippen LogP contribution >= 0.6 is 12.2 Å². The van der Waals surface area contributed by atoms with Crippen molar-refractivity contribution in [1.82, 2.24) is 4.98 Å². The van der Waals surface area contributed by atoms with Gasteiger partial charge in [-0.15, -0.1) is 0 Å². The second-order valence-electron chi connectivity index (χ2n) is 2.95. The molecule has 13 heavy (non-hydrogen) atoms. The van der Waals surface area contributed by atoms with Crippen molar-refractivity contribution in [2.75, 3.05) is 0 Å². The first-order chi connectivity index (χ1) is 6.27. The molecule has 0 amide bonds. The molecule has 0 bridgehead atoms. The second kappa shape index (κ2) is 3.23. The Kier molecular flexibility index (Phi) is 2.07. The van der Waals surface area contributed by atoms with E-state index in [0.717, 1.165) is 21.5 Å². The first kappa shape index (κ1) is 8.32. The third kappa shape index (κ3) is 1.58. The predicted molar refractivity (Wildman–Crippen MR) is 59.1 cm³/mol. The molecule has 0 saturated heterocycles. The van der Waals surface area contributed by atoms with Gasteiger partial charge >= 0.3 is 0 Å². The fourth-order valence-corrected chi connectivity index (χ4v) is 1.38. The number of rotatable bonds is 1. The second-order valence-corrected chi connectivity index (χ2v) is 3.56. The third-order valence-electron chi connectivity index (χ3n) is 1.96. The molecule has 2 aromatic rings. The van der Waals surface area contributed by atoms with Crippen molar-refractivity contribution in [1.29, 1.82) is 0 Å². The lowest BCUT2D eigenvalue weighted by atomic mass is 10.2. The molecule has 0 aliphatic rings. The van der Waals surface area contributed by atoms with Crippen molar-refractivity contribution in [3.05, 3.63) is 42.1 Å². The molecular formula is C11H9NS. The molecule has 1 nitrogen and oxygen atoms in total. The van der Waals surface area contributed by atoms with Gasteiger partial charge in [-0.1, -0.05) is 36.5 Å². The van der Waals surface area contributed by atoms with E-state index in [-0.39, 0.29) is 0 Å². The largest absolute Gasteiger partial charge is 0.247 e. The van der Waals surface area contributed by atoms with Crippen LogP contribution in [0.15, 0.2) is 36.4 Å². The van der Waals surface area contributed by atoms with Crippen LogP contribution < -0.4 is 0 Å². The SMILES string of the molecule is CC(=S)c1ccc2ccccc2n1. The molecule has 2 heteroatoms. The maximum Gasteiger partial charge on any atom is 0.0773 e. The van der Waals surface area contributed by atoms with Crippen molar-refractivity contribution < 1.29 is 0 Å². The molecule has 0 N–H and O–H groups in total. The molecule has 0 fully saturated rings. The molecule has 0 aliphatic heterocycles. The Morgan fingerprint density at radius 2 is 1.92 bits per heavy atom. The fourth-order valence-electron chi connectivity index (χ4n) is 1.26. The van der Waals surface area contributed by atoms with Gasteiger partial charge in [-0.3, -0.25) is 0 Å².